The highest BCUT2D eigenvalue weighted by Crippen LogP contribution is 2.30. The molecule has 0 spiro atoms. The van der Waals surface area contributed by atoms with Crippen LogP contribution in [0.5, 0.6) is 17.2 Å². The molecule has 0 saturated carbocycles. The fourth-order valence-electron chi connectivity index (χ4n) is 2.44. The molecule has 1 heterocycles. The standard InChI is InChI=1S/C19H18FNO6/c1-24-12-6-7-14(15(20)8-12)19(23)26-11-18(22)21-9-13-10-25-16-4-2-3-5-17(16)27-13/h2-8,13H,9-11H2,1H3,(H,21,22)/t13-/m1/s1. The molecule has 0 aromatic heterocycles. The van der Waals surface area contributed by atoms with E-state index in [4.69, 9.17) is 18.9 Å². The average Bonchev–Trinajstić information content (AvgIpc) is 2.70. The number of rotatable bonds is 6. The zero-order valence-electron chi connectivity index (χ0n) is 14.6. The Morgan fingerprint density at radius 3 is 2.74 bits per heavy atom. The van der Waals surface area contributed by atoms with Crippen molar-refractivity contribution in [3.8, 4) is 17.2 Å². The molecule has 1 aliphatic heterocycles. The molecule has 1 amide bonds. The first-order valence-corrected chi connectivity index (χ1v) is 8.22. The minimum absolute atomic E-state index is 0.182. The highest BCUT2D eigenvalue weighted by atomic mass is 19.1. The SMILES string of the molecule is COc1ccc(C(=O)OCC(=O)NC[C@@H]2COc3ccccc3O2)c(F)c1. The van der Waals surface area contributed by atoms with Gasteiger partial charge in [-0.05, 0) is 24.3 Å². The first kappa shape index (κ1) is 18.5. The largest absolute Gasteiger partial charge is 0.497 e. The van der Waals surface area contributed by atoms with Crippen LogP contribution in [0.2, 0.25) is 0 Å². The second-order valence-corrected chi connectivity index (χ2v) is 5.72. The second kappa shape index (κ2) is 8.39. The number of halogens is 1. The number of ether oxygens (including phenoxy) is 4. The minimum Gasteiger partial charge on any atom is -0.497 e. The van der Waals surface area contributed by atoms with Crippen molar-refractivity contribution in [2.45, 2.75) is 6.10 Å². The molecule has 0 unspecified atom stereocenters. The number of methoxy groups -OCH3 is 1. The summed E-state index contributed by atoms with van der Waals surface area (Å²) in [6, 6.07) is 11.0. The Labute approximate surface area is 155 Å². The molecular weight excluding hydrogens is 357 g/mol. The van der Waals surface area contributed by atoms with Crippen LogP contribution in [-0.4, -0.2) is 44.8 Å². The quantitative estimate of drug-likeness (QED) is 0.777. The van der Waals surface area contributed by atoms with Crippen molar-refractivity contribution in [3.05, 3.63) is 53.8 Å². The summed E-state index contributed by atoms with van der Waals surface area (Å²) in [5, 5.41) is 2.59. The number of hydrogen-bond donors (Lipinski definition) is 1. The summed E-state index contributed by atoms with van der Waals surface area (Å²) < 4.78 is 34.8. The number of nitrogens with one attached hydrogen (secondary N) is 1. The molecular formula is C19H18FNO6. The Hall–Kier alpha value is -3.29. The van der Waals surface area contributed by atoms with Gasteiger partial charge in [-0.1, -0.05) is 12.1 Å². The number of para-hydroxylation sites is 2. The predicted molar refractivity (Wildman–Crippen MR) is 92.6 cm³/mol. The van der Waals surface area contributed by atoms with E-state index in [1.165, 1.54) is 19.2 Å². The summed E-state index contributed by atoms with van der Waals surface area (Å²) in [6.07, 6.45) is -0.362. The molecule has 7 nitrogen and oxygen atoms in total. The molecule has 2 aromatic rings. The van der Waals surface area contributed by atoms with Crippen LogP contribution >= 0.6 is 0 Å². The molecule has 142 valence electrons. The molecule has 2 aromatic carbocycles. The van der Waals surface area contributed by atoms with Crippen molar-refractivity contribution < 1.29 is 32.9 Å². The van der Waals surface area contributed by atoms with E-state index in [-0.39, 0.29) is 30.6 Å². The molecule has 0 bridgehead atoms. The van der Waals surface area contributed by atoms with Gasteiger partial charge < -0.3 is 24.3 Å². The van der Waals surface area contributed by atoms with Gasteiger partial charge in [0.05, 0.1) is 19.2 Å². The third-order valence-corrected chi connectivity index (χ3v) is 3.82. The van der Waals surface area contributed by atoms with E-state index in [9.17, 15) is 14.0 Å². The smallest absolute Gasteiger partial charge is 0.341 e. The molecule has 0 saturated heterocycles. The highest BCUT2D eigenvalue weighted by Gasteiger charge is 2.21. The zero-order valence-corrected chi connectivity index (χ0v) is 14.6. The first-order chi connectivity index (χ1) is 13.1. The molecule has 0 aliphatic carbocycles. The normalized spacial score (nSPS) is 15.0. The van der Waals surface area contributed by atoms with Gasteiger partial charge in [-0.25, -0.2) is 9.18 Å². The topological polar surface area (TPSA) is 83.1 Å². The molecule has 1 N–H and O–H groups in total. The van der Waals surface area contributed by atoms with E-state index in [1.54, 1.807) is 12.1 Å². The lowest BCUT2D eigenvalue weighted by Crippen LogP contribution is -2.42. The Balaban J connectivity index is 1.44. The van der Waals surface area contributed by atoms with Crippen molar-refractivity contribution in [2.24, 2.45) is 0 Å². The third kappa shape index (κ3) is 4.66. The monoisotopic (exact) mass is 375 g/mol. The van der Waals surface area contributed by atoms with E-state index in [2.05, 4.69) is 5.32 Å². The van der Waals surface area contributed by atoms with E-state index >= 15 is 0 Å². The lowest BCUT2D eigenvalue weighted by Gasteiger charge is -2.26. The lowest BCUT2D eigenvalue weighted by atomic mass is 10.2. The first-order valence-electron chi connectivity index (χ1n) is 8.22. The summed E-state index contributed by atoms with van der Waals surface area (Å²) >= 11 is 0. The molecule has 27 heavy (non-hydrogen) atoms. The fourth-order valence-corrected chi connectivity index (χ4v) is 2.44. The van der Waals surface area contributed by atoms with Crippen LogP contribution in [-0.2, 0) is 9.53 Å². The van der Waals surface area contributed by atoms with Gasteiger partial charge in [-0.15, -0.1) is 0 Å². The Morgan fingerprint density at radius 2 is 2.00 bits per heavy atom. The number of carbonyl (C=O) groups is 2. The number of benzene rings is 2. The Bertz CT molecular complexity index is 841. The van der Waals surface area contributed by atoms with E-state index in [1.807, 2.05) is 12.1 Å². The summed E-state index contributed by atoms with van der Waals surface area (Å²) in [5.41, 5.74) is -0.274. The van der Waals surface area contributed by atoms with E-state index < -0.39 is 24.3 Å². The average molecular weight is 375 g/mol. The fraction of sp³-hybridized carbons (Fsp3) is 0.263. The van der Waals surface area contributed by atoms with Crippen LogP contribution in [0, 0.1) is 5.82 Å². The van der Waals surface area contributed by atoms with Crippen LogP contribution in [0.1, 0.15) is 10.4 Å². The van der Waals surface area contributed by atoms with Crippen molar-refractivity contribution in [1.82, 2.24) is 5.32 Å². The lowest BCUT2D eigenvalue weighted by molar-refractivity contribution is -0.124. The third-order valence-electron chi connectivity index (χ3n) is 3.82. The highest BCUT2D eigenvalue weighted by molar-refractivity contribution is 5.91. The summed E-state index contributed by atoms with van der Waals surface area (Å²) in [6.45, 7) is -0.0653. The van der Waals surface area contributed by atoms with Gasteiger partial charge in [0, 0.05) is 6.07 Å². The Morgan fingerprint density at radius 1 is 1.22 bits per heavy atom. The van der Waals surface area contributed by atoms with Crippen molar-refractivity contribution in [2.75, 3.05) is 26.9 Å². The van der Waals surface area contributed by atoms with Gasteiger partial charge in [0.2, 0.25) is 0 Å². The number of carbonyl (C=O) groups excluding carboxylic acids is 2. The maximum Gasteiger partial charge on any atom is 0.341 e. The number of esters is 1. The van der Waals surface area contributed by atoms with Crippen molar-refractivity contribution in [3.63, 3.8) is 0 Å². The summed E-state index contributed by atoms with van der Waals surface area (Å²) in [7, 11) is 1.39. The van der Waals surface area contributed by atoms with Crippen LogP contribution in [0.25, 0.3) is 0 Å². The van der Waals surface area contributed by atoms with Crippen molar-refractivity contribution >= 4 is 11.9 Å². The second-order valence-electron chi connectivity index (χ2n) is 5.72. The van der Waals surface area contributed by atoms with Gasteiger partial charge in [-0.2, -0.15) is 0 Å². The van der Waals surface area contributed by atoms with Crippen LogP contribution < -0.4 is 19.5 Å². The number of amides is 1. The van der Waals surface area contributed by atoms with Gasteiger partial charge in [0.1, 0.15) is 24.3 Å². The summed E-state index contributed by atoms with van der Waals surface area (Å²) in [4.78, 5) is 23.7. The van der Waals surface area contributed by atoms with Crippen LogP contribution in [0.4, 0.5) is 4.39 Å². The molecule has 1 aliphatic rings. The Kier molecular flexibility index (Phi) is 5.75. The van der Waals surface area contributed by atoms with Crippen LogP contribution in [0.15, 0.2) is 42.5 Å². The minimum atomic E-state index is -0.934. The van der Waals surface area contributed by atoms with Crippen molar-refractivity contribution in [1.29, 1.82) is 0 Å². The van der Waals surface area contributed by atoms with E-state index in [0.29, 0.717) is 11.5 Å². The number of hydrogen-bond acceptors (Lipinski definition) is 6. The molecule has 1 atom stereocenters. The van der Waals surface area contributed by atoms with Gasteiger partial charge in [0.25, 0.3) is 5.91 Å². The van der Waals surface area contributed by atoms with Gasteiger partial charge >= 0.3 is 5.97 Å². The summed E-state index contributed by atoms with van der Waals surface area (Å²) in [5.74, 6) is -0.722. The number of fused-ring (bicyclic) bond motifs is 1. The maximum absolute atomic E-state index is 13.8. The van der Waals surface area contributed by atoms with E-state index in [0.717, 1.165) is 6.07 Å². The maximum atomic E-state index is 13.8. The van der Waals surface area contributed by atoms with Crippen LogP contribution in [0.3, 0.4) is 0 Å². The molecule has 8 heteroatoms. The molecule has 0 radical (unpaired) electrons. The van der Waals surface area contributed by atoms with Gasteiger partial charge in [0.15, 0.2) is 18.1 Å². The predicted octanol–water partition coefficient (Wildman–Crippen LogP) is 1.95. The molecule has 0 fully saturated rings. The van der Waals surface area contributed by atoms with Gasteiger partial charge in [-0.3, -0.25) is 4.79 Å². The zero-order chi connectivity index (χ0) is 19.2. The molecule has 3 rings (SSSR count).